The summed E-state index contributed by atoms with van der Waals surface area (Å²) >= 11 is 0. The number of para-hydroxylation sites is 2. The second-order valence-corrected chi connectivity index (χ2v) is 9.26. The van der Waals surface area contributed by atoms with Gasteiger partial charge in [0.25, 0.3) is 0 Å². The van der Waals surface area contributed by atoms with Gasteiger partial charge in [0.1, 0.15) is 11.2 Å². The monoisotopic (exact) mass is 507 g/mol. The van der Waals surface area contributed by atoms with Gasteiger partial charge in [-0.3, -0.25) is 0 Å². The molecule has 8 rings (SSSR count). The highest BCUT2D eigenvalue weighted by molar-refractivity contribution is 6.24. The maximum absolute atomic E-state index is 9.18. The molecule has 0 saturated heterocycles. The first kappa shape index (κ1) is 13.6. The highest BCUT2D eigenvalue weighted by Crippen LogP contribution is 2.46. The van der Waals surface area contributed by atoms with E-state index in [0.717, 1.165) is 16.7 Å². The van der Waals surface area contributed by atoms with Crippen LogP contribution in [0.25, 0.3) is 76.9 Å². The predicted octanol–water partition coefficient (Wildman–Crippen LogP) is 10.9. The van der Waals surface area contributed by atoms with E-state index in [1.807, 2.05) is 54.6 Å². The largest absolute Gasteiger partial charge is 0.455 e. The van der Waals surface area contributed by atoms with E-state index < -0.39 is 42.3 Å². The summed E-state index contributed by atoms with van der Waals surface area (Å²) in [6.07, 6.45) is 0. The van der Waals surface area contributed by atoms with Crippen LogP contribution < -0.4 is 0 Å². The van der Waals surface area contributed by atoms with E-state index in [-0.39, 0.29) is 57.2 Å². The van der Waals surface area contributed by atoms with Gasteiger partial charge in [0.05, 0.1) is 15.1 Å². The van der Waals surface area contributed by atoms with Gasteiger partial charge in [-0.25, -0.2) is 0 Å². The lowest BCUT2D eigenvalue weighted by Gasteiger charge is -2.18. The maximum Gasteiger partial charge on any atom is 0.143 e. The fourth-order valence-electron chi connectivity index (χ4n) is 5.43. The number of fused-ring (bicyclic) bond motifs is 5. The summed E-state index contributed by atoms with van der Waals surface area (Å²) in [6.45, 7) is 0. The summed E-state index contributed by atoms with van der Waals surface area (Å²) < 4.78 is 101. The Morgan fingerprint density at radius 3 is 1.67 bits per heavy atom. The molecule has 0 spiro atoms. The minimum absolute atomic E-state index is 0.00398. The van der Waals surface area contributed by atoms with Crippen LogP contribution in [-0.2, 0) is 0 Å². The topological polar surface area (TPSA) is 13.1 Å². The molecule has 39 heavy (non-hydrogen) atoms. The summed E-state index contributed by atoms with van der Waals surface area (Å²) in [5, 5.41) is 1.66. The minimum atomic E-state index is -0.533. The summed E-state index contributed by atoms with van der Waals surface area (Å²) in [5.41, 5.74) is 3.31. The molecule has 1 heteroatoms. The average molecular weight is 508 g/mol. The Balaban J connectivity index is 1.57. The van der Waals surface area contributed by atoms with Gasteiger partial charge in [-0.1, -0.05) is 139 Å². The molecular formula is C38H24O. The molecule has 0 N–H and O–H groups in total. The van der Waals surface area contributed by atoms with Crippen LogP contribution in [0.4, 0.5) is 0 Å². The number of hydrogen-bond acceptors (Lipinski definition) is 1. The first-order valence-electron chi connectivity index (χ1n) is 17.9. The van der Waals surface area contributed by atoms with E-state index in [2.05, 4.69) is 0 Å². The van der Waals surface area contributed by atoms with Crippen molar-refractivity contribution in [3.05, 3.63) is 145 Å². The molecule has 1 aromatic heterocycles. The zero-order valence-corrected chi connectivity index (χ0v) is 20.4. The van der Waals surface area contributed by atoms with Gasteiger partial charge in [-0.05, 0) is 49.8 Å². The predicted molar refractivity (Wildman–Crippen MR) is 165 cm³/mol. The number of hydrogen-bond donors (Lipinski definition) is 0. The van der Waals surface area contributed by atoms with Crippen molar-refractivity contribution < 1.29 is 19.5 Å². The fourth-order valence-corrected chi connectivity index (χ4v) is 5.43. The van der Waals surface area contributed by atoms with E-state index in [4.69, 9.17) is 18.1 Å². The van der Waals surface area contributed by atoms with Gasteiger partial charge < -0.3 is 4.42 Å². The lowest BCUT2D eigenvalue weighted by Crippen LogP contribution is -1.91. The van der Waals surface area contributed by atoms with Gasteiger partial charge in [-0.15, -0.1) is 0 Å². The SMILES string of the molecule is [2H]c1cc2c(-c3ccc(-c4ccccc4)cc3)c3cc([2H])c([2H])cc3c(-c3c([2H])c([2H])c([2H])c4c3oc3c([2H])c([2H])c([2H])c([2H])c34)c2cc1[2H]. The van der Waals surface area contributed by atoms with Gasteiger partial charge in [0.2, 0.25) is 0 Å². The minimum Gasteiger partial charge on any atom is -0.455 e. The van der Waals surface area contributed by atoms with Gasteiger partial charge in [0.15, 0.2) is 0 Å². The van der Waals surface area contributed by atoms with Crippen molar-refractivity contribution in [3.63, 3.8) is 0 Å². The Labute approximate surface area is 242 Å². The van der Waals surface area contributed by atoms with Gasteiger partial charge in [-0.2, -0.15) is 0 Å². The van der Waals surface area contributed by atoms with Crippen LogP contribution in [0.15, 0.2) is 150 Å². The summed E-state index contributed by atoms with van der Waals surface area (Å²) in [4.78, 5) is 0. The van der Waals surface area contributed by atoms with Crippen LogP contribution in [-0.4, -0.2) is 0 Å². The first-order chi connectivity index (χ1) is 23.9. The molecule has 0 unspecified atom stereocenters. The maximum atomic E-state index is 9.18. The first-order valence-corrected chi connectivity index (χ1v) is 12.4. The Bertz CT molecular complexity index is 2680. The zero-order chi connectivity index (χ0) is 35.3. The third-order valence-corrected chi connectivity index (χ3v) is 7.16. The quantitative estimate of drug-likeness (QED) is 0.217. The van der Waals surface area contributed by atoms with Crippen molar-refractivity contribution in [2.24, 2.45) is 0 Å². The van der Waals surface area contributed by atoms with Gasteiger partial charge in [0, 0.05) is 21.9 Å². The molecule has 0 radical (unpaired) electrons. The second kappa shape index (κ2) is 8.72. The molecule has 0 aliphatic carbocycles. The van der Waals surface area contributed by atoms with Crippen LogP contribution in [0.2, 0.25) is 0 Å². The van der Waals surface area contributed by atoms with Crippen molar-refractivity contribution in [1.82, 2.24) is 0 Å². The third-order valence-electron chi connectivity index (χ3n) is 7.16. The Morgan fingerprint density at radius 2 is 0.974 bits per heavy atom. The highest BCUT2D eigenvalue weighted by atomic mass is 16.3. The third kappa shape index (κ3) is 3.41. The lowest BCUT2D eigenvalue weighted by molar-refractivity contribution is 0.670. The molecule has 0 amide bonds. The smallest absolute Gasteiger partial charge is 0.143 e. The normalized spacial score (nSPS) is 15.5. The van der Waals surface area contributed by atoms with Crippen LogP contribution in [0.1, 0.15) is 15.1 Å². The van der Waals surface area contributed by atoms with E-state index in [9.17, 15) is 1.37 Å². The van der Waals surface area contributed by atoms with Crippen LogP contribution in [0.3, 0.4) is 0 Å². The van der Waals surface area contributed by atoms with Crippen molar-refractivity contribution in [3.8, 4) is 33.4 Å². The molecule has 1 heterocycles. The molecule has 0 atom stereocenters. The lowest BCUT2D eigenvalue weighted by atomic mass is 9.85. The molecule has 0 saturated carbocycles. The average Bonchev–Trinajstić information content (AvgIpc) is 3.51. The fraction of sp³-hybridized carbons (Fsp3) is 0. The number of benzene rings is 7. The molecule has 0 fully saturated rings. The number of furan rings is 1. The molecule has 0 aliphatic heterocycles. The van der Waals surface area contributed by atoms with E-state index in [1.165, 1.54) is 12.1 Å². The van der Waals surface area contributed by atoms with Crippen LogP contribution in [0.5, 0.6) is 0 Å². The molecule has 1 nitrogen and oxygen atoms in total. The standard InChI is InChI=1S/C38H24O/c1-2-11-25(12-3-1)26-21-23-27(24-22-26)36-29-14-4-6-16-31(29)37(32-17-7-5-15-30(32)36)34-19-10-18-33-28-13-8-9-20-35(28)39-38(33)34/h1-24H/i4D,5D,6D,7D,8D,9D,10D,13D,18D,19D,20D. The van der Waals surface area contributed by atoms with E-state index in [0.29, 0.717) is 27.1 Å². The Morgan fingerprint density at radius 1 is 0.410 bits per heavy atom. The van der Waals surface area contributed by atoms with Crippen LogP contribution in [0, 0.1) is 0 Å². The Kier molecular flexibility index (Phi) is 3.04. The highest BCUT2D eigenvalue weighted by Gasteiger charge is 2.19. The number of rotatable bonds is 3. The molecular weight excluding hydrogens is 472 g/mol. The van der Waals surface area contributed by atoms with Crippen molar-refractivity contribution in [1.29, 1.82) is 0 Å². The van der Waals surface area contributed by atoms with E-state index >= 15 is 0 Å². The Hall–Kier alpha value is -5.14. The summed E-state index contributed by atoms with van der Waals surface area (Å²) in [5.74, 6) is 0. The molecule has 0 aliphatic rings. The van der Waals surface area contributed by atoms with Crippen molar-refractivity contribution in [2.75, 3.05) is 0 Å². The molecule has 182 valence electrons. The van der Waals surface area contributed by atoms with Crippen molar-refractivity contribution in [2.45, 2.75) is 0 Å². The zero-order valence-electron chi connectivity index (χ0n) is 31.4. The molecule has 0 bridgehead atoms. The summed E-state index contributed by atoms with van der Waals surface area (Å²) in [6, 6.07) is 20.0. The second-order valence-electron chi connectivity index (χ2n) is 9.26. The van der Waals surface area contributed by atoms with E-state index in [1.54, 1.807) is 12.1 Å². The molecule has 8 aromatic rings. The van der Waals surface area contributed by atoms with Crippen molar-refractivity contribution >= 4 is 43.5 Å². The summed E-state index contributed by atoms with van der Waals surface area (Å²) in [7, 11) is 0. The van der Waals surface area contributed by atoms with Crippen LogP contribution >= 0.6 is 0 Å². The molecule has 7 aromatic carbocycles. The van der Waals surface area contributed by atoms with Gasteiger partial charge >= 0.3 is 0 Å².